The van der Waals surface area contributed by atoms with Gasteiger partial charge in [0, 0.05) is 5.92 Å². The smallest absolute Gasteiger partial charge is 0.159 e. The standard InChI is InChI=1S/C15H22O2/c1-8-7-9(16)12-13-11(8)15(12,4)6-5-10(17)14(13,2)3/h7,10-13,17H,5-6H2,1-4H3/t10-,11+,12-,13?,15-/m1/s1. The molecule has 2 nitrogen and oxygen atoms in total. The number of rotatable bonds is 0. The topological polar surface area (TPSA) is 37.3 Å². The highest BCUT2D eigenvalue weighted by Crippen LogP contribution is 2.71. The van der Waals surface area contributed by atoms with Crippen LogP contribution in [0.4, 0.5) is 0 Å². The van der Waals surface area contributed by atoms with Crippen LogP contribution >= 0.6 is 0 Å². The van der Waals surface area contributed by atoms with Crippen LogP contribution in [0.5, 0.6) is 0 Å². The lowest BCUT2D eigenvalue weighted by molar-refractivity contribution is -0.170. The van der Waals surface area contributed by atoms with E-state index in [1.54, 1.807) is 0 Å². The van der Waals surface area contributed by atoms with Crippen LogP contribution < -0.4 is 0 Å². The van der Waals surface area contributed by atoms with Crippen molar-refractivity contribution in [1.82, 2.24) is 0 Å². The second kappa shape index (κ2) is 3.03. The Kier molecular flexibility index (Phi) is 2.04. The van der Waals surface area contributed by atoms with Gasteiger partial charge < -0.3 is 5.11 Å². The SMILES string of the molecule is CC1=CC(=O)[C@@H]2C3[C@H]1[C@@]2(C)CC[C@@H](O)C3(C)C. The summed E-state index contributed by atoms with van der Waals surface area (Å²) < 4.78 is 0. The highest BCUT2D eigenvalue weighted by atomic mass is 16.3. The van der Waals surface area contributed by atoms with Gasteiger partial charge in [0.25, 0.3) is 0 Å². The summed E-state index contributed by atoms with van der Waals surface area (Å²) in [6.45, 7) is 8.62. The molecule has 2 fully saturated rings. The first kappa shape index (κ1) is 11.5. The van der Waals surface area contributed by atoms with Crippen molar-refractivity contribution in [3.05, 3.63) is 11.6 Å². The second-order valence-electron chi connectivity index (χ2n) is 7.15. The molecular formula is C15H22O2. The zero-order valence-electron chi connectivity index (χ0n) is 11.2. The zero-order chi connectivity index (χ0) is 12.6. The Morgan fingerprint density at radius 2 is 1.94 bits per heavy atom. The molecule has 0 saturated heterocycles. The molecule has 94 valence electrons. The van der Waals surface area contributed by atoms with Gasteiger partial charge in [-0.15, -0.1) is 0 Å². The number of carbonyl (C=O) groups is 1. The van der Waals surface area contributed by atoms with Crippen LogP contribution in [0, 0.1) is 28.6 Å². The van der Waals surface area contributed by atoms with Crippen LogP contribution in [0.2, 0.25) is 0 Å². The van der Waals surface area contributed by atoms with E-state index < -0.39 is 0 Å². The molecule has 0 amide bonds. The summed E-state index contributed by atoms with van der Waals surface area (Å²) in [5.74, 6) is 1.32. The van der Waals surface area contributed by atoms with E-state index in [9.17, 15) is 9.90 Å². The monoisotopic (exact) mass is 234 g/mol. The van der Waals surface area contributed by atoms with E-state index in [2.05, 4.69) is 27.7 Å². The van der Waals surface area contributed by atoms with Crippen LogP contribution in [0.25, 0.3) is 0 Å². The Bertz CT molecular complexity index is 421. The molecule has 0 heterocycles. The van der Waals surface area contributed by atoms with E-state index in [4.69, 9.17) is 0 Å². The normalized spacial score (nSPS) is 51.4. The highest BCUT2D eigenvalue weighted by molar-refractivity contribution is 5.96. The molecule has 0 aromatic rings. The van der Waals surface area contributed by atoms with Gasteiger partial charge >= 0.3 is 0 Å². The number of carbonyl (C=O) groups excluding carboxylic acids is 1. The first-order valence-corrected chi connectivity index (χ1v) is 6.70. The zero-order valence-corrected chi connectivity index (χ0v) is 11.2. The Morgan fingerprint density at radius 1 is 1.29 bits per heavy atom. The molecule has 0 aromatic heterocycles. The molecule has 1 unspecified atom stereocenters. The number of aliphatic hydroxyl groups is 1. The number of fused-ring (bicyclic) bond motifs is 1. The molecule has 4 rings (SSSR count). The minimum absolute atomic E-state index is 0.120. The third kappa shape index (κ3) is 1.13. The Morgan fingerprint density at radius 3 is 2.53 bits per heavy atom. The molecule has 2 heteroatoms. The quantitative estimate of drug-likeness (QED) is 0.699. The van der Waals surface area contributed by atoms with Gasteiger partial charge in [0.15, 0.2) is 5.78 Å². The average molecular weight is 234 g/mol. The number of hydrogen-bond acceptors (Lipinski definition) is 2. The molecule has 17 heavy (non-hydrogen) atoms. The molecule has 0 aromatic carbocycles. The summed E-state index contributed by atoms with van der Waals surface area (Å²) in [5, 5.41) is 10.3. The lowest BCUT2D eigenvalue weighted by atomic mass is 9.38. The summed E-state index contributed by atoms with van der Waals surface area (Å²) >= 11 is 0. The molecule has 1 N–H and O–H groups in total. The van der Waals surface area contributed by atoms with Crippen molar-refractivity contribution in [3.8, 4) is 0 Å². The van der Waals surface area contributed by atoms with Crippen molar-refractivity contribution >= 4 is 5.78 Å². The number of allylic oxidation sites excluding steroid dienone is 2. The van der Waals surface area contributed by atoms with E-state index in [1.807, 2.05) is 6.08 Å². The van der Waals surface area contributed by atoms with Crippen molar-refractivity contribution in [2.45, 2.75) is 46.6 Å². The summed E-state index contributed by atoms with van der Waals surface area (Å²) in [5.41, 5.74) is 1.23. The Hall–Kier alpha value is -0.630. The van der Waals surface area contributed by atoms with Crippen LogP contribution in [-0.4, -0.2) is 17.0 Å². The molecular weight excluding hydrogens is 212 g/mol. The van der Waals surface area contributed by atoms with Gasteiger partial charge in [-0.25, -0.2) is 0 Å². The molecule has 0 aliphatic heterocycles. The van der Waals surface area contributed by atoms with E-state index in [0.717, 1.165) is 12.8 Å². The molecule has 0 radical (unpaired) electrons. The van der Waals surface area contributed by atoms with Gasteiger partial charge in [-0.3, -0.25) is 4.79 Å². The predicted octanol–water partition coefficient (Wildman–Crippen LogP) is 2.56. The fourth-order valence-electron chi connectivity index (χ4n) is 5.01. The minimum atomic E-state index is -0.263. The summed E-state index contributed by atoms with van der Waals surface area (Å²) in [4.78, 5) is 12.3. The fourth-order valence-corrected chi connectivity index (χ4v) is 5.01. The van der Waals surface area contributed by atoms with E-state index in [1.165, 1.54) is 5.57 Å². The summed E-state index contributed by atoms with van der Waals surface area (Å²) in [6.07, 6.45) is 3.41. The number of hydrogen-bond donors (Lipinski definition) is 1. The Balaban J connectivity index is 2.14. The molecule has 4 aliphatic carbocycles. The van der Waals surface area contributed by atoms with Gasteiger partial charge in [0.2, 0.25) is 0 Å². The van der Waals surface area contributed by atoms with Crippen molar-refractivity contribution in [2.24, 2.45) is 28.6 Å². The van der Waals surface area contributed by atoms with Gasteiger partial charge in [0.05, 0.1) is 6.10 Å². The lowest BCUT2D eigenvalue weighted by Crippen LogP contribution is -2.64. The third-order valence-corrected chi connectivity index (χ3v) is 5.98. The molecule has 4 aliphatic rings. The summed E-state index contributed by atoms with van der Waals surface area (Å²) in [6, 6.07) is 0. The average Bonchev–Trinajstić information content (AvgIpc) is 2.32. The van der Waals surface area contributed by atoms with E-state index in [-0.39, 0.29) is 22.9 Å². The third-order valence-electron chi connectivity index (χ3n) is 5.98. The van der Waals surface area contributed by atoms with Crippen LogP contribution in [0.15, 0.2) is 11.6 Å². The number of ketones is 1. The van der Waals surface area contributed by atoms with Gasteiger partial charge in [-0.1, -0.05) is 26.3 Å². The minimum Gasteiger partial charge on any atom is -0.393 e. The van der Waals surface area contributed by atoms with Crippen molar-refractivity contribution in [1.29, 1.82) is 0 Å². The van der Waals surface area contributed by atoms with Crippen molar-refractivity contribution in [2.75, 3.05) is 0 Å². The first-order valence-electron chi connectivity index (χ1n) is 6.70. The van der Waals surface area contributed by atoms with E-state index in [0.29, 0.717) is 17.6 Å². The molecule has 5 atom stereocenters. The Labute approximate surface area is 103 Å². The van der Waals surface area contributed by atoms with Gasteiger partial charge in [-0.2, -0.15) is 0 Å². The maximum Gasteiger partial charge on any atom is 0.159 e. The molecule has 0 spiro atoms. The van der Waals surface area contributed by atoms with Crippen molar-refractivity contribution < 1.29 is 9.90 Å². The highest BCUT2D eigenvalue weighted by Gasteiger charge is 2.69. The number of aliphatic hydroxyl groups excluding tert-OH is 1. The predicted molar refractivity (Wildman–Crippen MR) is 66.4 cm³/mol. The van der Waals surface area contributed by atoms with Crippen LogP contribution in [0.3, 0.4) is 0 Å². The first-order chi connectivity index (χ1) is 7.80. The summed E-state index contributed by atoms with van der Waals surface area (Å²) in [7, 11) is 0. The second-order valence-corrected chi connectivity index (χ2v) is 7.15. The van der Waals surface area contributed by atoms with Crippen LogP contribution in [-0.2, 0) is 4.79 Å². The van der Waals surface area contributed by atoms with Crippen molar-refractivity contribution in [3.63, 3.8) is 0 Å². The largest absolute Gasteiger partial charge is 0.393 e. The lowest BCUT2D eigenvalue weighted by Gasteiger charge is -2.65. The maximum absolute atomic E-state index is 12.3. The fraction of sp³-hybridized carbons (Fsp3) is 0.800. The maximum atomic E-state index is 12.3. The van der Waals surface area contributed by atoms with Gasteiger partial charge in [0.1, 0.15) is 0 Å². The van der Waals surface area contributed by atoms with E-state index >= 15 is 0 Å². The molecule has 4 bridgehead atoms. The van der Waals surface area contributed by atoms with Crippen LogP contribution in [0.1, 0.15) is 40.5 Å². The molecule has 2 saturated carbocycles. The van der Waals surface area contributed by atoms with Gasteiger partial charge in [-0.05, 0) is 48.5 Å².